The average Bonchev–Trinajstić information content (AvgIpc) is 2.34. The second-order valence-electron chi connectivity index (χ2n) is 3.48. The van der Waals surface area contributed by atoms with Gasteiger partial charge < -0.3 is 9.84 Å². The van der Waals surface area contributed by atoms with E-state index in [2.05, 4.69) is 15.9 Å². The van der Waals surface area contributed by atoms with E-state index in [1.807, 2.05) is 0 Å². The largest absolute Gasteiger partial charge is 0.456 e. The summed E-state index contributed by atoms with van der Waals surface area (Å²) in [5, 5.41) is 8.90. The van der Waals surface area contributed by atoms with Gasteiger partial charge in [-0.2, -0.15) is 0 Å². The van der Waals surface area contributed by atoms with Gasteiger partial charge in [0, 0.05) is 0 Å². The Morgan fingerprint density at radius 3 is 2.41 bits per heavy atom. The third-order valence-electron chi connectivity index (χ3n) is 2.23. The average molecular weight is 297 g/mol. The van der Waals surface area contributed by atoms with Crippen LogP contribution in [-0.2, 0) is 6.61 Å². The van der Waals surface area contributed by atoms with Gasteiger partial charge in [-0.3, -0.25) is 0 Å². The minimum absolute atomic E-state index is 0.000519. The Hall–Kier alpha value is -1.39. The van der Waals surface area contributed by atoms with Crippen molar-refractivity contribution < 1.29 is 14.2 Å². The molecule has 17 heavy (non-hydrogen) atoms. The molecule has 2 aromatic rings. The van der Waals surface area contributed by atoms with E-state index in [0.29, 0.717) is 16.0 Å². The van der Waals surface area contributed by atoms with E-state index < -0.39 is 0 Å². The van der Waals surface area contributed by atoms with Gasteiger partial charge in [0.25, 0.3) is 0 Å². The second-order valence-corrected chi connectivity index (χ2v) is 4.33. The summed E-state index contributed by atoms with van der Waals surface area (Å²) in [6, 6.07) is 11.3. The molecule has 0 aliphatic heterocycles. The molecule has 4 heteroatoms. The van der Waals surface area contributed by atoms with Crippen LogP contribution in [0.5, 0.6) is 11.5 Å². The monoisotopic (exact) mass is 296 g/mol. The molecule has 0 aromatic heterocycles. The van der Waals surface area contributed by atoms with Gasteiger partial charge in [0.05, 0.1) is 11.1 Å². The zero-order chi connectivity index (χ0) is 12.3. The van der Waals surface area contributed by atoms with Gasteiger partial charge in [-0.25, -0.2) is 4.39 Å². The Bertz CT molecular complexity index is 511. The number of benzene rings is 2. The molecule has 0 bridgehead atoms. The topological polar surface area (TPSA) is 29.5 Å². The van der Waals surface area contributed by atoms with Crippen LogP contribution < -0.4 is 4.74 Å². The first kappa shape index (κ1) is 12.1. The molecule has 0 saturated heterocycles. The summed E-state index contributed by atoms with van der Waals surface area (Å²) >= 11 is 3.23. The van der Waals surface area contributed by atoms with Crippen LogP contribution in [0, 0.1) is 5.82 Å². The van der Waals surface area contributed by atoms with Crippen molar-refractivity contribution in [2.45, 2.75) is 6.61 Å². The predicted molar refractivity (Wildman–Crippen MR) is 66.5 cm³/mol. The molecule has 0 unspecified atom stereocenters. The molecule has 2 aromatic carbocycles. The summed E-state index contributed by atoms with van der Waals surface area (Å²) < 4.78 is 19.0. The van der Waals surface area contributed by atoms with Crippen molar-refractivity contribution in [2.24, 2.45) is 0 Å². The van der Waals surface area contributed by atoms with Crippen molar-refractivity contribution >= 4 is 15.9 Å². The maximum atomic E-state index is 12.9. The maximum Gasteiger partial charge on any atom is 0.141 e. The number of ether oxygens (including phenoxy) is 1. The van der Waals surface area contributed by atoms with Crippen LogP contribution in [-0.4, -0.2) is 5.11 Å². The molecule has 0 aliphatic carbocycles. The van der Waals surface area contributed by atoms with Crippen molar-refractivity contribution in [3.05, 3.63) is 58.3 Å². The molecule has 0 radical (unpaired) electrons. The smallest absolute Gasteiger partial charge is 0.141 e. The fourth-order valence-electron chi connectivity index (χ4n) is 1.35. The van der Waals surface area contributed by atoms with Crippen LogP contribution in [0.15, 0.2) is 46.9 Å². The number of halogens is 2. The lowest BCUT2D eigenvalue weighted by Gasteiger charge is -2.08. The molecular formula is C13H10BrFO2. The van der Waals surface area contributed by atoms with Gasteiger partial charge in [0.2, 0.25) is 0 Å². The maximum absolute atomic E-state index is 12.9. The Labute approximate surface area is 107 Å². The van der Waals surface area contributed by atoms with E-state index in [9.17, 15) is 4.39 Å². The fraction of sp³-hybridized carbons (Fsp3) is 0.0769. The quantitative estimate of drug-likeness (QED) is 0.931. The zero-order valence-electron chi connectivity index (χ0n) is 8.86. The van der Waals surface area contributed by atoms with Crippen LogP contribution in [0.4, 0.5) is 4.39 Å². The van der Waals surface area contributed by atoms with Crippen LogP contribution in [0.3, 0.4) is 0 Å². The fourth-order valence-corrected chi connectivity index (χ4v) is 1.78. The van der Waals surface area contributed by atoms with Gasteiger partial charge in [0.1, 0.15) is 17.3 Å². The highest BCUT2D eigenvalue weighted by molar-refractivity contribution is 9.10. The highest BCUT2D eigenvalue weighted by Gasteiger charge is 2.04. The molecule has 0 saturated carbocycles. The van der Waals surface area contributed by atoms with Crippen molar-refractivity contribution in [2.75, 3.05) is 0 Å². The third kappa shape index (κ3) is 3.05. The lowest BCUT2D eigenvalue weighted by molar-refractivity contribution is 0.281. The van der Waals surface area contributed by atoms with Crippen molar-refractivity contribution in [3.63, 3.8) is 0 Å². The standard InChI is InChI=1S/C13H10BrFO2/c14-12-7-10(15)3-6-13(12)17-11-4-1-9(8-16)2-5-11/h1-7,16H,8H2. The highest BCUT2D eigenvalue weighted by Crippen LogP contribution is 2.30. The van der Waals surface area contributed by atoms with Gasteiger partial charge in [-0.1, -0.05) is 12.1 Å². The molecule has 2 nitrogen and oxygen atoms in total. The van der Waals surface area contributed by atoms with Gasteiger partial charge in [-0.05, 0) is 51.8 Å². The van der Waals surface area contributed by atoms with E-state index in [0.717, 1.165) is 5.56 Å². The van der Waals surface area contributed by atoms with Gasteiger partial charge >= 0.3 is 0 Å². The number of aliphatic hydroxyl groups is 1. The number of rotatable bonds is 3. The number of aliphatic hydroxyl groups excluding tert-OH is 1. The summed E-state index contributed by atoms with van der Waals surface area (Å²) in [5.41, 5.74) is 0.815. The molecule has 2 rings (SSSR count). The molecule has 0 heterocycles. The van der Waals surface area contributed by atoms with E-state index in [1.165, 1.54) is 12.1 Å². The molecule has 0 spiro atoms. The van der Waals surface area contributed by atoms with Crippen molar-refractivity contribution in [1.29, 1.82) is 0 Å². The minimum atomic E-state index is -0.320. The molecule has 88 valence electrons. The Kier molecular flexibility index (Phi) is 3.76. The summed E-state index contributed by atoms with van der Waals surface area (Å²) in [6.07, 6.45) is 0. The van der Waals surface area contributed by atoms with Gasteiger partial charge in [0.15, 0.2) is 0 Å². The second kappa shape index (κ2) is 5.29. The van der Waals surface area contributed by atoms with Crippen molar-refractivity contribution in [3.8, 4) is 11.5 Å². The van der Waals surface area contributed by atoms with Crippen molar-refractivity contribution in [1.82, 2.24) is 0 Å². The van der Waals surface area contributed by atoms with E-state index in [-0.39, 0.29) is 12.4 Å². The summed E-state index contributed by atoms with van der Waals surface area (Å²) in [6.45, 7) is 0.000519. The number of hydrogen-bond acceptors (Lipinski definition) is 2. The molecule has 0 aliphatic rings. The normalized spacial score (nSPS) is 10.3. The third-order valence-corrected chi connectivity index (χ3v) is 2.85. The minimum Gasteiger partial charge on any atom is -0.456 e. The SMILES string of the molecule is OCc1ccc(Oc2ccc(F)cc2Br)cc1. The zero-order valence-corrected chi connectivity index (χ0v) is 10.4. The summed E-state index contributed by atoms with van der Waals surface area (Å²) in [5.74, 6) is 0.859. The first-order valence-corrected chi connectivity index (χ1v) is 5.81. The summed E-state index contributed by atoms with van der Waals surface area (Å²) in [7, 11) is 0. The van der Waals surface area contributed by atoms with E-state index >= 15 is 0 Å². The lowest BCUT2D eigenvalue weighted by Crippen LogP contribution is -1.88. The van der Waals surface area contributed by atoms with E-state index in [4.69, 9.17) is 9.84 Å². The molecule has 0 amide bonds. The molecule has 1 N–H and O–H groups in total. The first-order valence-electron chi connectivity index (χ1n) is 5.02. The molecular weight excluding hydrogens is 287 g/mol. The van der Waals surface area contributed by atoms with Crippen LogP contribution in [0.1, 0.15) is 5.56 Å². The lowest BCUT2D eigenvalue weighted by atomic mass is 10.2. The Morgan fingerprint density at radius 1 is 1.12 bits per heavy atom. The van der Waals surface area contributed by atoms with Gasteiger partial charge in [-0.15, -0.1) is 0 Å². The predicted octanol–water partition coefficient (Wildman–Crippen LogP) is 3.87. The Morgan fingerprint density at radius 2 is 1.82 bits per heavy atom. The molecule has 0 fully saturated rings. The summed E-state index contributed by atoms with van der Waals surface area (Å²) in [4.78, 5) is 0. The highest BCUT2D eigenvalue weighted by atomic mass is 79.9. The Balaban J connectivity index is 2.19. The first-order chi connectivity index (χ1) is 8.19. The molecule has 0 atom stereocenters. The number of hydrogen-bond donors (Lipinski definition) is 1. The van der Waals surface area contributed by atoms with Crippen LogP contribution >= 0.6 is 15.9 Å². The van der Waals surface area contributed by atoms with Crippen LogP contribution in [0.2, 0.25) is 0 Å². The van der Waals surface area contributed by atoms with E-state index in [1.54, 1.807) is 30.3 Å². The van der Waals surface area contributed by atoms with Crippen LogP contribution in [0.25, 0.3) is 0 Å².